The molecule has 0 unspecified atom stereocenters. The molecule has 3 rings (SSSR count). The van der Waals surface area contributed by atoms with Gasteiger partial charge in [-0.15, -0.1) is 0 Å². The highest BCUT2D eigenvalue weighted by molar-refractivity contribution is 5.48. The topological polar surface area (TPSA) is 9.23 Å². The van der Waals surface area contributed by atoms with Gasteiger partial charge < -0.3 is 4.74 Å². The van der Waals surface area contributed by atoms with Crippen LogP contribution in [0.1, 0.15) is 59.6 Å². The van der Waals surface area contributed by atoms with Crippen molar-refractivity contribution in [2.24, 2.45) is 0 Å². The van der Waals surface area contributed by atoms with Crippen LogP contribution in [0.25, 0.3) is 0 Å². The van der Waals surface area contributed by atoms with Crippen molar-refractivity contribution in [3.63, 3.8) is 0 Å². The first-order chi connectivity index (χ1) is 15.2. The summed E-state index contributed by atoms with van der Waals surface area (Å²) in [5.41, 5.74) is 5.36. The second-order valence-corrected chi connectivity index (χ2v) is 7.47. The zero-order chi connectivity index (χ0) is 21.9. The van der Waals surface area contributed by atoms with Gasteiger partial charge in [0.1, 0.15) is 5.82 Å². The number of hydrogen-bond acceptors (Lipinski definition) is 1. The summed E-state index contributed by atoms with van der Waals surface area (Å²) in [6.45, 7) is 2.75. The minimum absolute atomic E-state index is 0.163. The van der Waals surface area contributed by atoms with Crippen LogP contribution in [0.5, 0.6) is 0 Å². The van der Waals surface area contributed by atoms with E-state index in [4.69, 9.17) is 4.74 Å². The number of ether oxygens (including phenoxy) is 1. The van der Waals surface area contributed by atoms with Crippen molar-refractivity contribution in [1.29, 1.82) is 0 Å². The van der Waals surface area contributed by atoms with Crippen LogP contribution in [-0.2, 0) is 17.8 Å². The molecular formula is C29H27FO. The Balaban J connectivity index is 1.63. The second kappa shape index (κ2) is 11.8. The quantitative estimate of drug-likeness (QED) is 0.333. The number of methoxy groups -OCH3 is 1. The van der Waals surface area contributed by atoms with Crippen LogP contribution in [-0.4, -0.2) is 7.11 Å². The third-order valence-electron chi connectivity index (χ3n) is 4.95. The van der Waals surface area contributed by atoms with Crippen molar-refractivity contribution in [3.8, 4) is 23.7 Å². The minimum atomic E-state index is -0.163. The van der Waals surface area contributed by atoms with E-state index in [2.05, 4.69) is 30.6 Å². The lowest BCUT2D eigenvalue weighted by molar-refractivity contribution is 0.185. The summed E-state index contributed by atoms with van der Waals surface area (Å²) in [4.78, 5) is 0. The lowest BCUT2D eigenvalue weighted by atomic mass is 10.0. The van der Waals surface area contributed by atoms with Gasteiger partial charge in [0.25, 0.3) is 0 Å². The number of hydrogen-bond donors (Lipinski definition) is 0. The summed E-state index contributed by atoms with van der Waals surface area (Å²) in [6, 6.07) is 21.1. The molecule has 156 valence electrons. The number of unbranched alkanes of at least 4 members (excludes halogenated alkanes) is 2. The Hall–Kier alpha value is -3.33. The van der Waals surface area contributed by atoms with Crippen LogP contribution in [0.4, 0.5) is 4.39 Å². The van der Waals surface area contributed by atoms with Crippen LogP contribution in [0.3, 0.4) is 0 Å². The van der Waals surface area contributed by atoms with Gasteiger partial charge in [-0.3, -0.25) is 0 Å². The molecule has 3 aromatic rings. The molecule has 2 heteroatoms. The average molecular weight is 411 g/mol. The van der Waals surface area contributed by atoms with Crippen LogP contribution in [0.2, 0.25) is 0 Å². The fourth-order valence-electron chi connectivity index (χ4n) is 3.17. The van der Waals surface area contributed by atoms with Crippen LogP contribution in [0.15, 0.2) is 66.7 Å². The normalized spacial score (nSPS) is 10.0. The fourth-order valence-corrected chi connectivity index (χ4v) is 3.17. The Morgan fingerprint density at radius 1 is 0.710 bits per heavy atom. The highest BCUT2D eigenvalue weighted by Gasteiger charge is 2.02. The molecule has 0 spiro atoms. The molecule has 0 aliphatic heterocycles. The monoisotopic (exact) mass is 410 g/mol. The van der Waals surface area contributed by atoms with Gasteiger partial charge in [-0.05, 0) is 72.5 Å². The van der Waals surface area contributed by atoms with Gasteiger partial charge in [0.15, 0.2) is 0 Å². The predicted molar refractivity (Wildman–Crippen MR) is 125 cm³/mol. The van der Waals surface area contributed by atoms with Crippen molar-refractivity contribution >= 4 is 0 Å². The first kappa shape index (κ1) is 22.4. The molecule has 31 heavy (non-hydrogen) atoms. The Labute approximate surface area is 185 Å². The van der Waals surface area contributed by atoms with Crippen molar-refractivity contribution in [2.45, 2.75) is 39.2 Å². The fraction of sp³-hybridized carbons (Fsp3) is 0.241. The Bertz CT molecular complexity index is 1100. The minimum Gasteiger partial charge on any atom is -0.380 e. The van der Waals surface area contributed by atoms with Gasteiger partial charge in [0.05, 0.1) is 6.61 Å². The lowest BCUT2D eigenvalue weighted by Crippen LogP contribution is -1.92. The molecule has 0 aromatic heterocycles. The Kier molecular flexibility index (Phi) is 8.48. The second-order valence-electron chi connectivity index (χ2n) is 7.47. The molecule has 0 saturated heterocycles. The van der Waals surface area contributed by atoms with Crippen LogP contribution < -0.4 is 0 Å². The third kappa shape index (κ3) is 7.14. The molecule has 0 heterocycles. The number of benzene rings is 3. The van der Waals surface area contributed by atoms with Crippen LogP contribution >= 0.6 is 0 Å². The zero-order valence-corrected chi connectivity index (χ0v) is 18.2. The maximum atomic E-state index is 14.3. The van der Waals surface area contributed by atoms with Gasteiger partial charge in [-0.2, -0.15) is 0 Å². The first-order valence-corrected chi connectivity index (χ1v) is 10.7. The first-order valence-electron chi connectivity index (χ1n) is 10.7. The van der Waals surface area contributed by atoms with E-state index >= 15 is 0 Å². The Morgan fingerprint density at radius 2 is 1.23 bits per heavy atom. The van der Waals surface area contributed by atoms with E-state index in [0.29, 0.717) is 12.2 Å². The standard InChI is InChI=1S/C29H27FO/c1-3-4-5-6-28-20-19-26(21-29(28)30)16-13-24-10-7-23(8-11-24)9-12-25-14-17-27(18-15-25)22-31-2/h7-8,10-11,14-15,17-21H,3-6,22H2,1-2H3. The van der Waals surface area contributed by atoms with Crippen molar-refractivity contribution < 1.29 is 9.13 Å². The molecular weight excluding hydrogens is 383 g/mol. The van der Waals surface area contributed by atoms with Crippen molar-refractivity contribution in [3.05, 3.63) is 106 Å². The zero-order valence-electron chi connectivity index (χ0n) is 18.2. The van der Waals surface area contributed by atoms with E-state index in [9.17, 15) is 4.39 Å². The molecule has 0 radical (unpaired) electrons. The summed E-state index contributed by atoms with van der Waals surface area (Å²) in [6.07, 6.45) is 4.07. The van der Waals surface area contributed by atoms with Gasteiger partial charge in [0.2, 0.25) is 0 Å². The highest BCUT2D eigenvalue weighted by atomic mass is 19.1. The highest BCUT2D eigenvalue weighted by Crippen LogP contribution is 2.14. The van der Waals surface area contributed by atoms with Gasteiger partial charge in [-0.25, -0.2) is 4.39 Å². The molecule has 0 atom stereocenters. The Morgan fingerprint density at radius 3 is 1.74 bits per heavy atom. The molecule has 0 aliphatic carbocycles. The summed E-state index contributed by atoms with van der Waals surface area (Å²) in [5, 5.41) is 0. The summed E-state index contributed by atoms with van der Waals surface area (Å²) >= 11 is 0. The largest absolute Gasteiger partial charge is 0.380 e. The molecule has 0 saturated carbocycles. The predicted octanol–water partition coefficient (Wildman–Crippen LogP) is 6.50. The summed E-state index contributed by atoms with van der Waals surface area (Å²) in [7, 11) is 1.69. The molecule has 0 aliphatic rings. The molecule has 1 nitrogen and oxygen atoms in total. The van der Waals surface area contributed by atoms with E-state index in [-0.39, 0.29) is 5.82 Å². The van der Waals surface area contributed by atoms with E-state index in [1.54, 1.807) is 7.11 Å². The summed E-state index contributed by atoms with van der Waals surface area (Å²) in [5.74, 6) is 12.3. The summed E-state index contributed by atoms with van der Waals surface area (Å²) < 4.78 is 19.4. The average Bonchev–Trinajstić information content (AvgIpc) is 2.79. The van der Waals surface area contributed by atoms with Crippen LogP contribution in [0, 0.1) is 29.5 Å². The number of rotatable bonds is 6. The smallest absolute Gasteiger partial charge is 0.127 e. The third-order valence-corrected chi connectivity index (χ3v) is 4.95. The van der Waals surface area contributed by atoms with E-state index in [0.717, 1.165) is 53.5 Å². The lowest BCUT2D eigenvalue weighted by Gasteiger charge is -2.03. The molecule has 0 fully saturated rings. The molecule has 3 aromatic carbocycles. The van der Waals surface area contributed by atoms with E-state index < -0.39 is 0 Å². The van der Waals surface area contributed by atoms with Gasteiger partial charge in [0, 0.05) is 29.4 Å². The number of aryl methyl sites for hydroxylation is 1. The van der Waals surface area contributed by atoms with E-state index in [1.807, 2.05) is 60.7 Å². The van der Waals surface area contributed by atoms with Crippen molar-refractivity contribution in [2.75, 3.05) is 7.11 Å². The van der Waals surface area contributed by atoms with Gasteiger partial charge >= 0.3 is 0 Å². The number of halogens is 1. The molecule has 0 N–H and O–H groups in total. The maximum absolute atomic E-state index is 14.3. The van der Waals surface area contributed by atoms with E-state index in [1.165, 1.54) is 6.07 Å². The molecule has 0 amide bonds. The SMILES string of the molecule is CCCCCc1ccc(C#Cc2ccc(C#Cc3ccc(COC)cc3)cc2)cc1F. The maximum Gasteiger partial charge on any atom is 0.127 e. The van der Waals surface area contributed by atoms with Gasteiger partial charge in [-0.1, -0.05) is 61.6 Å². The molecule has 0 bridgehead atoms. The van der Waals surface area contributed by atoms with Crippen molar-refractivity contribution in [1.82, 2.24) is 0 Å².